The molecule has 0 bridgehead atoms. The number of thiophene rings is 1. The van der Waals surface area contributed by atoms with Gasteiger partial charge in [0.2, 0.25) is 0 Å². The predicted molar refractivity (Wildman–Crippen MR) is 125 cm³/mol. The van der Waals surface area contributed by atoms with Crippen LogP contribution in [0.3, 0.4) is 0 Å². The third-order valence-corrected chi connectivity index (χ3v) is 7.04. The summed E-state index contributed by atoms with van der Waals surface area (Å²) in [6.45, 7) is 1.92. The number of ether oxygens (including phenoxy) is 1. The van der Waals surface area contributed by atoms with Gasteiger partial charge >= 0.3 is 11.9 Å². The van der Waals surface area contributed by atoms with Crippen molar-refractivity contribution in [2.45, 2.75) is 44.8 Å². The van der Waals surface area contributed by atoms with E-state index in [-0.39, 0.29) is 18.7 Å². The summed E-state index contributed by atoms with van der Waals surface area (Å²) in [6.07, 6.45) is -4.17. The number of carbonyl (C=O) groups is 1. The molecule has 2 N–H and O–H groups in total. The number of aromatic amines is 1. The van der Waals surface area contributed by atoms with Crippen LogP contribution in [0, 0.1) is 0 Å². The second-order valence-corrected chi connectivity index (χ2v) is 9.42. The summed E-state index contributed by atoms with van der Waals surface area (Å²) < 4.78 is 43.3. The van der Waals surface area contributed by atoms with Gasteiger partial charge in [-0.05, 0) is 53.1 Å². The van der Waals surface area contributed by atoms with Crippen LogP contribution >= 0.6 is 22.9 Å². The third kappa shape index (κ3) is 5.76. The Kier molecular flexibility index (Phi) is 7.31. The Morgan fingerprint density at radius 1 is 1.26 bits per heavy atom. The fraction of sp³-hybridized carbons (Fsp3) is 0.364. The van der Waals surface area contributed by atoms with Crippen molar-refractivity contribution in [3.8, 4) is 5.75 Å². The highest BCUT2D eigenvalue weighted by Gasteiger charge is 2.33. The van der Waals surface area contributed by atoms with E-state index >= 15 is 0 Å². The van der Waals surface area contributed by atoms with E-state index in [9.17, 15) is 22.8 Å². The van der Waals surface area contributed by atoms with Gasteiger partial charge in [0.15, 0.2) is 0 Å². The molecule has 1 aliphatic rings. The van der Waals surface area contributed by atoms with Gasteiger partial charge in [0.25, 0.3) is 5.91 Å². The Balaban J connectivity index is 1.60. The number of hydrogen-bond acceptors (Lipinski definition) is 6. The number of aryl methyl sites for hydroxylation is 1. The molecule has 2 aromatic heterocycles. The minimum absolute atomic E-state index is 0.0882. The van der Waals surface area contributed by atoms with Crippen molar-refractivity contribution >= 4 is 40.1 Å². The summed E-state index contributed by atoms with van der Waals surface area (Å²) in [7, 11) is 0. The number of benzene rings is 1. The van der Waals surface area contributed by atoms with Gasteiger partial charge < -0.3 is 10.1 Å². The first-order valence-electron chi connectivity index (χ1n) is 10.8. The third-order valence-electron chi connectivity index (χ3n) is 5.43. The molecule has 0 radical (unpaired) electrons. The van der Waals surface area contributed by atoms with Crippen molar-refractivity contribution in [2.24, 2.45) is 0 Å². The molecule has 1 atom stereocenters. The molecule has 186 valence electrons. The first-order valence-corrected chi connectivity index (χ1v) is 12.0. The van der Waals surface area contributed by atoms with Crippen LogP contribution in [0.2, 0.25) is 5.02 Å². The number of aromatic nitrogens is 4. The number of halogens is 4. The molecule has 35 heavy (non-hydrogen) atoms. The van der Waals surface area contributed by atoms with Crippen molar-refractivity contribution in [1.29, 1.82) is 0 Å². The van der Waals surface area contributed by atoms with Crippen molar-refractivity contribution in [3.05, 3.63) is 61.2 Å². The molecule has 1 aliphatic heterocycles. The van der Waals surface area contributed by atoms with Crippen LogP contribution in [0.15, 0.2) is 35.1 Å². The molecule has 0 spiro atoms. The van der Waals surface area contributed by atoms with Crippen LogP contribution in [0.25, 0.3) is 11.3 Å². The summed E-state index contributed by atoms with van der Waals surface area (Å²) in [5.41, 5.74) is 0.690. The van der Waals surface area contributed by atoms with E-state index in [0.717, 1.165) is 20.9 Å². The van der Waals surface area contributed by atoms with Crippen LogP contribution in [-0.2, 0) is 11.2 Å². The van der Waals surface area contributed by atoms with Crippen LogP contribution < -0.4 is 15.7 Å². The van der Waals surface area contributed by atoms with Crippen LogP contribution in [0.4, 0.5) is 13.2 Å². The lowest BCUT2D eigenvalue weighted by Crippen LogP contribution is -2.38. The van der Waals surface area contributed by atoms with E-state index in [1.54, 1.807) is 12.1 Å². The van der Waals surface area contributed by atoms with Crippen LogP contribution in [0.1, 0.15) is 47.5 Å². The van der Waals surface area contributed by atoms with Crippen LogP contribution in [-0.4, -0.2) is 38.9 Å². The van der Waals surface area contributed by atoms with E-state index in [1.807, 2.05) is 19.1 Å². The summed E-state index contributed by atoms with van der Waals surface area (Å²) in [4.78, 5) is 27.3. The molecule has 0 saturated heterocycles. The van der Waals surface area contributed by atoms with E-state index in [4.69, 9.17) is 16.3 Å². The maximum Gasteiger partial charge on any atom is 0.389 e. The Morgan fingerprint density at radius 2 is 2.06 bits per heavy atom. The first-order chi connectivity index (χ1) is 16.7. The SMILES string of the molecule is CCc1ccc(C2=C(n3nn[nH]c3=O)C(=O)NC(c3ccc(OCCCC(F)(F)F)cc3Cl)C2)s1. The molecule has 3 heterocycles. The molecular formula is C22H21ClF3N5O3S. The molecule has 1 amide bonds. The zero-order chi connectivity index (χ0) is 25.2. The molecule has 0 fully saturated rings. The summed E-state index contributed by atoms with van der Waals surface area (Å²) in [5.74, 6) is -0.179. The molecule has 8 nitrogen and oxygen atoms in total. The normalized spacial score (nSPS) is 16.5. The average Bonchev–Trinajstić information content (AvgIpc) is 3.44. The molecule has 0 aliphatic carbocycles. The molecule has 4 rings (SSSR count). The van der Waals surface area contributed by atoms with Crippen molar-refractivity contribution in [1.82, 2.24) is 25.5 Å². The number of H-pyrrole nitrogens is 1. The van der Waals surface area contributed by atoms with Crippen molar-refractivity contribution in [2.75, 3.05) is 6.61 Å². The fourth-order valence-corrected chi connectivity index (χ4v) is 5.07. The number of carbonyl (C=O) groups excluding carboxylic acids is 1. The number of hydrogen-bond donors (Lipinski definition) is 2. The quantitative estimate of drug-likeness (QED) is 0.417. The Bertz CT molecular complexity index is 1310. The minimum atomic E-state index is -4.23. The zero-order valence-electron chi connectivity index (χ0n) is 18.5. The number of alkyl halides is 3. The van der Waals surface area contributed by atoms with Crippen molar-refractivity contribution < 1.29 is 22.7 Å². The second kappa shape index (κ2) is 10.2. The summed E-state index contributed by atoms with van der Waals surface area (Å²) in [6, 6.07) is 8.14. The van der Waals surface area contributed by atoms with Gasteiger partial charge in [-0.1, -0.05) is 24.6 Å². The smallest absolute Gasteiger partial charge is 0.389 e. The summed E-state index contributed by atoms with van der Waals surface area (Å²) in [5, 5.41) is 12.6. The number of rotatable bonds is 8. The topological polar surface area (TPSA) is 102 Å². The number of tetrazole rings is 1. The lowest BCUT2D eigenvalue weighted by atomic mass is 9.92. The number of nitrogens with one attached hydrogen (secondary N) is 2. The minimum Gasteiger partial charge on any atom is -0.494 e. The Labute approximate surface area is 206 Å². The number of amides is 1. The monoisotopic (exact) mass is 527 g/mol. The van der Waals surface area contributed by atoms with Gasteiger partial charge in [-0.3, -0.25) is 4.79 Å². The van der Waals surface area contributed by atoms with Crippen molar-refractivity contribution in [3.63, 3.8) is 0 Å². The average molecular weight is 528 g/mol. The highest BCUT2D eigenvalue weighted by Crippen LogP contribution is 2.40. The maximum absolute atomic E-state index is 13.2. The standard InChI is InChI=1S/C22H21ClF3N5O3S/c1-2-13-5-7-18(35-13)15-11-17(27-20(32)19(15)31-21(33)28-29-30-31)14-6-4-12(10-16(14)23)34-9-3-8-22(24,25)26/h4-7,10,17H,2-3,8-9,11H2,1H3,(H,27,32)(H,28,30,33). The van der Waals surface area contributed by atoms with E-state index < -0.39 is 30.2 Å². The molecular weight excluding hydrogens is 507 g/mol. The van der Waals surface area contributed by atoms with Gasteiger partial charge in [-0.2, -0.15) is 17.9 Å². The van der Waals surface area contributed by atoms with Gasteiger partial charge in [0.1, 0.15) is 11.4 Å². The number of nitrogens with zero attached hydrogens (tertiary/aromatic N) is 3. The predicted octanol–water partition coefficient (Wildman–Crippen LogP) is 4.59. The molecule has 3 aromatic rings. The summed E-state index contributed by atoms with van der Waals surface area (Å²) >= 11 is 7.99. The maximum atomic E-state index is 13.2. The van der Waals surface area contributed by atoms with E-state index in [2.05, 4.69) is 20.8 Å². The Hall–Kier alpha value is -3.12. The largest absolute Gasteiger partial charge is 0.494 e. The fourth-order valence-electron chi connectivity index (χ4n) is 3.76. The van der Waals surface area contributed by atoms with Gasteiger partial charge in [-0.15, -0.1) is 11.3 Å². The van der Waals surface area contributed by atoms with Gasteiger partial charge in [0.05, 0.1) is 12.6 Å². The molecule has 1 aromatic carbocycles. The molecule has 1 unspecified atom stereocenters. The lowest BCUT2D eigenvalue weighted by Gasteiger charge is -2.28. The molecule has 0 saturated carbocycles. The Morgan fingerprint density at radius 3 is 2.69 bits per heavy atom. The molecule has 13 heteroatoms. The highest BCUT2D eigenvalue weighted by molar-refractivity contribution is 7.13. The van der Waals surface area contributed by atoms with E-state index in [1.165, 1.54) is 17.4 Å². The van der Waals surface area contributed by atoms with E-state index in [0.29, 0.717) is 28.3 Å². The first kappa shape index (κ1) is 25.0. The zero-order valence-corrected chi connectivity index (χ0v) is 20.1. The lowest BCUT2D eigenvalue weighted by molar-refractivity contribution is -0.136. The highest BCUT2D eigenvalue weighted by atomic mass is 35.5. The second-order valence-electron chi connectivity index (χ2n) is 7.85. The van der Waals surface area contributed by atoms with Gasteiger partial charge in [-0.25, -0.2) is 9.89 Å². The van der Waals surface area contributed by atoms with Crippen LogP contribution in [0.5, 0.6) is 5.75 Å². The van der Waals surface area contributed by atoms with Gasteiger partial charge in [0, 0.05) is 33.2 Å².